The number of carbonyl (C=O) groups excluding carboxylic acids is 2. The van der Waals surface area contributed by atoms with Gasteiger partial charge in [0.1, 0.15) is 11.6 Å². The van der Waals surface area contributed by atoms with Crippen molar-refractivity contribution >= 4 is 23.5 Å². The van der Waals surface area contributed by atoms with Crippen LogP contribution in [0.25, 0.3) is 0 Å². The molecule has 0 atom stereocenters. The fraction of sp³-hybridized carbons (Fsp3) is 0.533. The van der Waals surface area contributed by atoms with Crippen LogP contribution >= 0.6 is 0 Å². The van der Waals surface area contributed by atoms with Gasteiger partial charge in [-0.3, -0.25) is 9.59 Å². The van der Waals surface area contributed by atoms with E-state index in [4.69, 9.17) is 0 Å². The molecule has 110 valence electrons. The van der Waals surface area contributed by atoms with Gasteiger partial charge < -0.3 is 10.6 Å². The molecule has 0 aliphatic rings. The van der Waals surface area contributed by atoms with Gasteiger partial charge in [-0.05, 0) is 24.1 Å². The predicted molar refractivity (Wildman–Crippen MR) is 80.6 cm³/mol. The number of pyridine rings is 1. The first-order valence-corrected chi connectivity index (χ1v) is 6.96. The minimum Gasteiger partial charge on any atom is -0.310 e. The van der Waals surface area contributed by atoms with Crippen molar-refractivity contribution in [3.63, 3.8) is 0 Å². The monoisotopic (exact) mass is 277 g/mol. The zero-order valence-corrected chi connectivity index (χ0v) is 12.8. The molecule has 0 unspecified atom stereocenters. The van der Waals surface area contributed by atoms with Crippen molar-refractivity contribution in [3.05, 3.63) is 17.7 Å². The van der Waals surface area contributed by atoms with E-state index in [-0.39, 0.29) is 23.7 Å². The molecule has 0 saturated heterocycles. The molecule has 20 heavy (non-hydrogen) atoms. The van der Waals surface area contributed by atoms with E-state index in [1.54, 1.807) is 0 Å². The van der Waals surface area contributed by atoms with Crippen LogP contribution in [0, 0.1) is 11.8 Å². The molecule has 1 rings (SSSR count). The molecule has 1 aromatic heterocycles. The van der Waals surface area contributed by atoms with Crippen molar-refractivity contribution in [2.75, 3.05) is 10.6 Å². The van der Waals surface area contributed by atoms with Crippen molar-refractivity contribution in [2.24, 2.45) is 11.8 Å². The highest BCUT2D eigenvalue weighted by Gasteiger charge is 2.12. The quantitative estimate of drug-likeness (QED) is 0.869. The summed E-state index contributed by atoms with van der Waals surface area (Å²) < 4.78 is 0. The molecule has 0 aliphatic heterocycles. The molecule has 0 aliphatic carbocycles. The van der Waals surface area contributed by atoms with Gasteiger partial charge in [0.05, 0.1) is 0 Å². The van der Waals surface area contributed by atoms with Crippen LogP contribution in [0.5, 0.6) is 0 Å². The topological polar surface area (TPSA) is 71.1 Å². The number of anilines is 2. The van der Waals surface area contributed by atoms with Gasteiger partial charge in [-0.15, -0.1) is 0 Å². The normalized spacial score (nSPS) is 10.8. The second-order valence-corrected chi connectivity index (χ2v) is 5.39. The Balaban J connectivity index is 2.96. The molecule has 0 spiro atoms. The molecule has 0 bridgehead atoms. The number of hydrogen-bond donors (Lipinski definition) is 2. The first-order valence-electron chi connectivity index (χ1n) is 6.96. The fourth-order valence-electron chi connectivity index (χ4n) is 1.46. The van der Waals surface area contributed by atoms with E-state index in [0.717, 1.165) is 12.0 Å². The number of nitrogens with zero attached hydrogens (tertiary/aromatic N) is 1. The average Bonchev–Trinajstić information content (AvgIpc) is 2.37. The summed E-state index contributed by atoms with van der Waals surface area (Å²) in [7, 11) is 0. The lowest BCUT2D eigenvalue weighted by Gasteiger charge is -2.12. The van der Waals surface area contributed by atoms with Gasteiger partial charge in [0, 0.05) is 11.8 Å². The smallest absolute Gasteiger partial charge is 0.228 e. The van der Waals surface area contributed by atoms with Crippen LogP contribution in [-0.2, 0) is 16.0 Å². The molecule has 5 nitrogen and oxygen atoms in total. The van der Waals surface area contributed by atoms with Gasteiger partial charge in [-0.1, -0.05) is 34.6 Å². The summed E-state index contributed by atoms with van der Waals surface area (Å²) in [5, 5.41) is 5.52. The highest BCUT2D eigenvalue weighted by Crippen LogP contribution is 2.16. The highest BCUT2D eigenvalue weighted by atomic mass is 16.2. The number of aryl methyl sites for hydroxylation is 1. The summed E-state index contributed by atoms with van der Waals surface area (Å²) in [5.74, 6) is 0.537. The third kappa shape index (κ3) is 4.64. The lowest BCUT2D eigenvalue weighted by molar-refractivity contribution is -0.119. The minimum atomic E-state index is -0.115. The van der Waals surface area contributed by atoms with Crippen LogP contribution in [0.3, 0.4) is 0 Å². The lowest BCUT2D eigenvalue weighted by atomic mass is 10.1. The summed E-state index contributed by atoms with van der Waals surface area (Å²) in [5.41, 5.74) is 1.01. The molecule has 2 N–H and O–H groups in total. The van der Waals surface area contributed by atoms with E-state index >= 15 is 0 Å². The largest absolute Gasteiger partial charge is 0.310 e. The second-order valence-electron chi connectivity index (χ2n) is 5.39. The van der Waals surface area contributed by atoms with Gasteiger partial charge in [-0.2, -0.15) is 0 Å². The fourth-order valence-corrected chi connectivity index (χ4v) is 1.46. The van der Waals surface area contributed by atoms with E-state index in [9.17, 15) is 9.59 Å². The number of carbonyl (C=O) groups is 2. The summed E-state index contributed by atoms with van der Waals surface area (Å²) in [6.07, 6.45) is 0.803. The molecule has 2 amide bonds. The van der Waals surface area contributed by atoms with Gasteiger partial charge >= 0.3 is 0 Å². The summed E-state index contributed by atoms with van der Waals surface area (Å²) in [6.45, 7) is 9.29. The predicted octanol–water partition coefficient (Wildman–Crippen LogP) is 2.83. The number of nitrogens with one attached hydrogen (secondary N) is 2. The summed E-state index contributed by atoms with van der Waals surface area (Å²) in [4.78, 5) is 27.7. The molecule has 0 aromatic carbocycles. The van der Waals surface area contributed by atoms with Crippen molar-refractivity contribution in [1.29, 1.82) is 0 Å². The molecular formula is C15H23N3O2. The van der Waals surface area contributed by atoms with Gasteiger partial charge in [0.2, 0.25) is 11.8 Å². The van der Waals surface area contributed by atoms with E-state index in [0.29, 0.717) is 11.6 Å². The van der Waals surface area contributed by atoms with E-state index in [2.05, 4.69) is 15.6 Å². The maximum absolute atomic E-state index is 11.7. The van der Waals surface area contributed by atoms with Crippen molar-refractivity contribution in [2.45, 2.75) is 41.0 Å². The Morgan fingerprint density at radius 1 is 1.00 bits per heavy atom. The number of aromatic nitrogens is 1. The molecule has 5 heteroatoms. The standard InChI is InChI=1S/C15H23N3O2/c1-6-11-7-12(17-14(19)9(2)3)16-13(8-11)18-15(20)10(4)5/h7-10H,6H2,1-5H3,(H2,16,17,18,19,20). The van der Waals surface area contributed by atoms with E-state index in [1.165, 1.54) is 0 Å². The molecular weight excluding hydrogens is 254 g/mol. The van der Waals surface area contributed by atoms with Crippen LogP contribution in [0.15, 0.2) is 12.1 Å². The van der Waals surface area contributed by atoms with Crippen molar-refractivity contribution in [1.82, 2.24) is 4.98 Å². The Morgan fingerprint density at radius 2 is 1.40 bits per heavy atom. The van der Waals surface area contributed by atoms with Gasteiger partial charge in [0.15, 0.2) is 0 Å². The van der Waals surface area contributed by atoms with Gasteiger partial charge in [-0.25, -0.2) is 4.98 Å². The number of hydrogen-bond acceptors (Lipinski definition) is 3. The third-order valence-corrected chi connectivity index (χ3v) is 2.84. The average molecular weight is 277 g/mol. The Hall–Kier alpha value is -1.91. The lowest BCUT2D eigenvalue weighted by Crippen LogP contribution is -2.21. The van der Waals surface area contributed by atoms with E-state index in [1.807, 2.05) is 46.8 Å². The van der Waals surface area contributed by atoms with Crippen LogP contribution in [0.2, 0.25) is 0 Å². The molecule has 0 fully saturated rings. The maximum atomic E-state index is 11.7. The Kier molecular flexibility index (Phi) is 5.67. The zero-order chi connectivity index (χ0) is 15.3. The number of amides is 2. The minimum absolute atomic E-state index is 0.0908. The van der Waals surface area contributed by atoms with Crippen LogP contribution in [0.4, 0.5) is 11.6 Å². The Morgan fingerprint density at radius 3 is 1.70 bits per heavy atom. The van der Waals surface area contributed by atoms with Crippen molar-refractivity contribution in [3.8, 4) is 0 Å². The maximum Gasteiger partial charge on any atom is 0.228 e. The molecule has 1 aromatic rings. The van der Waals surface area contributed by atoms with E-state index < -0.39 is 0 Å². The first-order chi connectivity index (χ1) is 9.33. The van der Waals surface area contributed by atoms with Crippen LogP contribution < -0.4 is 10.6 Å². The van der Waals surface area contributed by atoms with Crippen LogP contribution in [0.1, 0.15) is 40.2 Å². The summed E-state index contributed by atoms with van der Waals surface area (Å²) >= 11 is 0. The Labute approximate surface area is 120 Å². The molecule has 0 radical (unpaired) electrons. The zero-order valence-electron chi connectivity index (χ0n) is 12.8. The van der Waals surface area contributed by atoms with Crippen LogP contribution in [-0.4, -0.2) is 16.8 Å². The highest BCUT2D eigenvalue weighted by molar-refractivity contribution is 5.93. The molecule has 1 heterocycles. The third-order valence-electron chi connectivity index (χ3n) is 2.84. The van der Waals surface area contributed by atoms with Crippen molar-refractivity contribution < 1.29 is 9.59 Å². The SMILES string of the molecule is CCc1cc(NC(=O)C(C)C)nc(NC(=O)C(C)C)c1. The first kappa shape index (κ1) is 16.1. The Bertz CT molecular complexity index is 456. The van der Waals surface area contributed by atoms with Gasteiger partial charge in [0.25, 0.3) is 0 Å². The summed E-state index contributed by atoms with van der Waals surface area (Å²) in [6, 6.07) is 3.65. The molecule has 0 saturated carbocycles. The number of rotatable bonds is 5. The second kappa shape index (κ2) is 7.03.